The SMILES string of the molecule is CC(C)S(=O)Nc1nn(C)cc1C#N. The Morgan fingerprint density at radius 3 is 2.86 bits per heavy atom. The number of hydrogen-bond donors (Lipinski definition) is 1. The third kappa shape index (κ3) is 2.33. The minimum atomic E-state index is -1.20. The molecule has 0 radical (unpaired) electrons. The van der Waals surface area contributed by atoms with Crippen molar-refractivity contribution in [2.75, 3.05) is 4.72 Å². The summed E-state index contributed by atoms with van der Waals surface area (Å²) in [5.41, 5.74) is 0.404. The summed E-state index contributed by atoms with van der Waals surface area (Å²) < 4.78 is 15.6. The minimum Gasteiger partial charge on any atom is -0.287 e. The van der Waals surface area contributed by atoms with E-state index in [9.17, 15) is 4.21 Å². The van der Waals surface area contributed by atoms with E-state index in [1.165, 1.54) is 4.68 Å². The van der Waals surface area contributed by atoms with Crippen LogP contribution in [0.15, 0.2) is 6.20 Å². The van der Waals surface area contributed by atoms with Crippen LogP contribution in [0.3, 0.4) is 0 Å². The molecule has 0 saturated carbocycles. The molecule has 0 aliphatic heterocycles. The van der Waals surface area contributed by atoms with Crippen molar-refractivity contribution in [3.05, 3.63) is 11.8 Å². The zero-order valence-electron chi connectivity index (χ0n) is 8.31. The summed E-state index contributed by atoms with van der Waals surface area (Å²) in [5, 5.41) is 12.7. The molecule has 0 amide bonds. The lowest BCUT2D eigenvalue weighted by molar-refractivity contribution is 0.680. The monoisotopic (exact) mass is 212 g/mol. The Morgan fingerprint density at radius 2 is 2.36 bits per heavy atom. The Kier molecular flexibility index (Phi) is 3.25. The number of nitrogens with zero attached hydrogens (tertiary/aromatic N) is 3. The van der Waals surface area contributed by atoms with E-state index in [0.717, 1.165) is 0 Å². The number of nitriles is 1. The highest BCUT2D eigenvalue weighted by molar-refractivity contribution is 7.86. The molecule has 0 spiro atoms. The molecular weight excluding hydrogens is 200 g/mol. The fraction of sp³-hybridized carbons (Fsp3) is 0.500. The summed E-state index contributed by atoms with van der Waals surface area (Å²) in [5.74, 6) is 0.377. The standard InChI is InChI=1S/C8H12N4OS/c1-6(2)14(13)11-8-7(4-9)5-12(3)10-8/h5-6H,1-3H3,(H,10,11). The highest BCUT2D eigenvalue weighted by atomic mass is 32.2. The quantitative estimate of drug-likeness (QED) is 0.804. The Balaban J connectivity index is 2.87. The number of rotatable bonds is 3. The second kappa shape index (κ2) is 4.24. The molecule has 6 heteroatoms. The molecular formula is C8H12N4OS. The molecule has 1 aromatic rings. The first-order chi connectivity index (χ1) is 6.54. The first-order valence-electron chi connectivity index (χ1n) is 4.15. The zero-order valence-corrected chi connectivity index (χ0v) is 9.13. The second-order valence-corrected chi connectivity index (χ2v) is 4.87. The van der Waals surface area contributed by atoms with Crippen LogP contribution >= 0.6 is 0 Å². The number of hydrogen-bond acceptors (Lipinski definition) is 3. The lowest BCUT2D eigenvalue weighted by Gasteiger charge is -2.05. The molecule has 1 unspecified atom stereocenters. The van der Waals surface area contributed by atoms with Crippen LogP contribution in [-0.2, 0) is 18.0 Å². The predicted octanol–water partition coefficient (Wildman–Crippen LogP) is 0.776. The van der Waals surface area contributed by atoms with E-state index in [1.54, 1.807) is 13.2 Å². The van der Waals surface area contributed by atoms with Crippen molar-refractivity contribution < 1.29 is 4.21 Å². The maximum absolute atomic E-state index is 11.4. The summed E-state index contributed by atoms with van der Waals surface area (Å²) in [6, 6.07) is 1.98. The summed E-state index contributed by atoms with van der Waals surface area (Å²) in [6.07, 6.45) is 1.58. The van der Waals surface area contributed by atoms with Gasteiger partial charge in [-0.15, -0.1) is 0 Å². The largest absolute Gasteiger partial charge is 0.287 e. The molecule has 0 aromatic carbocycles. The molecule has 0 aliphatic carbocycles. The van der Waals surface area contributed by atoms with Crippen molar-refractivity contribution in [1.29, 1.82) is 5.26 Å². The topological polar surface area (TPSA) is 70.7 Å². The van der Waals surface area contributed by atoms with Crippen LogP contribution in [0.1, 0.15) is 19.4 Å². The van der Waals surface area contributed by atoms with Crippen LogP contribution in [0.5, 0.6) is 0 Å². The first-order valence-corrected chi connectivity index (χ1v) is 5.37. The summed E-state index contributed by atoms with van der Waals surface area (Å²) in [7, 11) is 0.514. The van der Waals surface area contributed by atoms with Crippen LogP contribution in [-0.4, -0.2) is 19.2 Å². The first kappa shape index (κ1) is 10.7. The Bertz CT molecular complexity index is 391. The minimum absolute atomic E-state index is 0.0106. The molecule has 1 atom stereocenters. The Hall–Kier alpha value is -1.35. The third-order valence-corrected chi connectivity index (χ3v) is 2.83. The van der Waals surface area contributed by atoms with Gasteiger partial charge in [-0.2, -0.15) is 10.4 Å². The lowest BCUT2D eigenvalue weighted by Crippen LogP contribution is -2.15. The van der Waals surface area contributed by atoms with Crippen LogP contribution in [0.4, 0.5) is 5.82 Å². The van der Waals surface area contributed by atoms with E-state index in [1.807, 2.05) is 19.9 Å². The number of nitrogens with one attached hydrogen (secondary N) is 1. The van der Waals surface area contributed by atoms with Crippen molar-refractivity contribution in [2.45, 2.75) is 19.1 Å². The smallest absolute Gasteiger partial charge is 0.177 e. The van der Waals surface area contributed by atoms with Gasteiger partial charge in [-0.3, -0.25) is 9.40 Å². The van der Waals surface area contributed by atoms with Gasteiger partial charge >= 0.3 is 0 Å². The number of aryl methyl sites for hydroxylation is 1. The molecule has 1 aromatic heterocycles. The Morgan fingerprint density at radius 1 is 1.71 bits per heavy atom. The molecule has 0 saturated heterocycles. The average Bonchev–Trinajstić information content (AvgIpc) is 2.45. The van der Waals surface area contributed by atoms with E-state index in [2.05, 4.69) is 9.82 Å². The average molecular weight is 212 g/mol. The maximum Gasteiger partial charge on any atom is 0.177 e. The molecule has 1 heterocycles. The molecule has 0 fully saturated rings. The van der Waals surface area contributed by atoms with Crippen molar-refractivity contribution in [3.8, 4) is 6.07 Å². The van der Waals surface area contributed by atoms with Crippen LogP contribution in [0, 0.1) is 11.3 Å². The van der Waals surface area contributed by atoms with Crippen molar-refractivity contribution in [2.24, 2.45) is 7.05 Å². The van der Waals surface area contributed by atoms with Gasteiger partial charge in [0.2, 0.25) is 0 Å². The molecule has 0 aliphatic rings. The third-order valence-electron chi connectivity index (χ3n) is 1.57. The van der Waals surface area contributed by atoms with E-state index in [0.29, 0.717) is 11.4 Å². The molecule has 0 bridgehead atoms. The van der Waals surface area contributed by atoms with Gasteiger partial charge in [0.15, 0.2) is 5.82 Å². The second-order valence-electron chi connectivity index (χ2n) is 3.13. The Labute approximate surface area is 85.3 Å². The van der Waals surface area contributed by atoms with Crippen molar-refractivity contribution in [1.82, 2.24) is 9.78 Å². The zero-order chi connectivity index (χ0) is 10.7. The van der Waals surface area contributed by atoms with Crippen LogP contribution < -0.4 is 4.72 Å². The van der Waals surface area contributed by atoms with Gasteiger partial charge in [-0.05, 0) is 13.8 Å². The molecule has 14 heavy (non-hydrogen) atoms. The van der Waals surface area contributed by atoms with E-state index in [-0.39, 0.29) is 5.25 Å². The van der Waals surface area contributed by atoms with Gasteiger partial charge < -0.3 is 0 Å². The van der Waals surface area contributed by atoms with Crippen molar-refractivity contribution >= 4 is 16.8 Å². The van der Waals surface area contributed by atoms with Crippen molar-refractivity contribution in [3.63, 3.8) is 0 Å². The highest BCUT2D eigenvalue weighted by Crippen LogP contribution is 2.12. The maximum atomic E-state index is 11.4. The van der Waals surface area contributed by atoms with E-state index < -0.39 is 11.0 Å². The van der Waals surface area contributed by atoms with Gasteiger partial charge in [0, 0.05) is 18.5 Å². The fourth-order valence-corrected chi connectivity index (χ4v) is 1.44. The van der Waals surface area contributed by atoms with E-state index in [4.69, 9.17) is 5.26 Å². The molecule has 76 valence electrons. The van der Waals surface area contributed by atoms with Gasteiger partial charge in [0.25, 0.3) is 0 Å². The van der Waals surface area contributed by atoms with Crippen LogP contribution in [0.2, 0.25) is 0 Å². The lowest BCUT2D eigenvalue weighted by atomic mass is 10.4. The van der Waals surface area contributed by atoms with Gasteiger partial charge in [-0.1, -0.05) is 0 Å². The molecule has 1 N–H and O–H groups in total. The fourth-order valence-electron chi connectivity index (χ4n) is 0.859. The highest BCUT2D eigenvalue weighted by Gasteiger charge is 2.11. The summed E-state index contributed by atoms with van der Waals surface area (Å²) >= 11 is 0. The van der Waals surface area contributed by atoms with Gasteiger partial charge in [-0.25, -0.2) is 4.21 Å². The predicted molar refractivity (Wildman–Crippen MR) is 54.8 cm³/mol. The number of anilines is 1. The number of aromatic nitrogens is 2. The van der Waals surface area contributed by atoms with Gasteiger partial charge in [0.05, 0.1) is 0 Å². The summed E-state index contributed by atoms with van der Waals surface area (Å²) in [4.78, 5) is 0. The van der Waals surface area contributed by atoms with E-state index >= 15 is 0 Å². The van der Waals surface area contributed by atoms with Gasteiger partial charge in [0.1, 0.15) is 22.6 Å². The normalized spacial score (nSPS) is 12.5. The molecule has 5 nitrogen and oxygen atoms in total. The molecule has 1 rings (SSSR count). The summed E-state index contributed by atoms with van der Waals surface area (Å²) in [6.45, 7) is 3.66. The van der Waals surface area contributed by atoms with Crippen LogP contribution in [0.25, 0.3) is 0 Å².